The lowest BCUT2D eigenvalue weighted by Gasteiger charge is -2.06. The minimum atomic E-state index is -0.589. The van der Waals surface area contributed by atoms with Crippen LogP contribution in [-0.4, -0.2) is 15.9 Å². The zero-order chi connectivity index (χ0) is 12.3. The van der Waals surface area contributed by atoms with Crippen LogP contribution in [0.2, 0.25) is 0 Å². The van der Waals surface area contributed by atoms with Crippen molar-refractivity contribution in [1.82, 2.24) is 9.97 Å². The first kappa shape index (κ1) is 11.7. The van der Waals surface area contributed by atoms with Crippen LogP contribution < -0.4 is 5.32 Å². The fourth-order valence-corrected chi connectivity index (χ4v) is 1.79. The number of halogens is 2. The van der Waals surface area contributed by atoms with E-state index >= 15 is 0 Å². The van der Waals surface area contributed by atoms with Crippen LogP contribution in [-0.2, 0) is 0 Å². The molecule has 0 fully saturated rings. The summed E-state index contributed by atoms with van der Waals surface area (Å²) in [5.41, 5.74) is 0.365. The predicted octanol–water partition coefficient (Wildman–Crippen LogP) is 2.63. The number of benzene rings is 1. The van der Waals surface area contributed by atoms with Gasteiger partial charge in [-0.1, -0.05) is 6.07 Å². The van der Waals surface area contributed by atoms with Gasteiger partial charge in [-0.05, 0) is 28.1 Å². The number of aromatic nitrogens is 2. The van der Waals surface area contributed by atoms with Gasteiger partial charge in [0.05, 0.1) is 23.6 Å². The molecule has 0 spiro atoms. The third-order valence-corrected chi connectivity index (χ3v) is 2.67. The Labute approximate surface area is 105 Å². The first-order valence-electron chi connectivity index (χ1n) is 4.69. The molecule has 0 aliphatic rings. The molecule has 1 amide bonds. The third-order valence-electron chi connectivity index (χ3n) is 2.01. The highest BCUT2D eigenvalue weighted by atomic mass is 79.9. The summed E-state index contributed by atoms with van der Waals surface area (Å²) in [6.45, 7) is 0. The monoisotopic (exact) mass is 295 g/mol. The Morgan fingerprint density at radius 2 is 2.00 bits per heavy atom. The van der Waals surface area contributed by atoms with Crippen molar-refractivity contribution in [2.45, 2.75) is 0 Å². The van der Waals surface area contributed by atoms with Crippen LogP contribution in [0.1, 0.15) is 10.4 Å². The Hall–Kier alpha value is -1.82. The lowest BCUT2D eigenvalue weighted by molar-refractivity contribution is 0.102. The largest absolute Gasteiger partial charge is 0.319 e. The molecule has 0 aliphatic heterocycles. The molecule has 0 unspecified atom stereocenters. The van der Waals surface area contributed by atoms with Gasteiger partial charge >= 0.3 is 0 Å². The van der Waals surface area contributed by atoms with Crippen molar-refractivity contribution in [3.05, 3.63) is 52.8 Å². The highest BCUT2D eigenvalue weighted by Gasteiger charge is 2.15. The Balaban J connectivity index is 2.27. The van der Waals surface area contributed by atoms with E-state index in [1.807, 2.05) is 0 Å². The quantitative estimate of drug-likeness (QED) is 0.927. The Bertz CT molecular complexity index is 527. The SMILES string of the molecule is O=C(Nc1cncnc1)c1c(F)cccc1Br. The van der Waals surface area contributed by atoms with Crippen LogP contribution in [0, 0.1) is 5.82 Å². The molecule has 1 aromatic heterocycles. The molecule has 0 atom stereocenters. The second-order valence-electron chi connectivity index (χ2n) is 3.18. The molecule has 86 valence electrons. The van der Waals surface area contributed by atoms with Crippen LogP contribution in [0.15, 0.2) is 41.4 Å². The summed E-state index contributed by atoms with van der Waals surface area (Å²) in [7, 11) is 0. The van der Waals surface area contributed by atoms with Crippen molar-refractivity contribution < 1.29 is 9.18 Å². The molecule has 0 saturated heterocycles. The second kappa shape index (κ2) is 5.01. The number of anilines is 1. The lowest BCUT2D eigenvalue weighted by Crippen LogP contribution is -2.14. The number of amides is 1. The molecule has 0 bridgehead atoms. The number of nitrogens with zero attached hydrogens (tertiary/aromatic N) is 2. The van der Waals surface area contributed by atoms with E-state index in [0.29, 0.717) is 10.2 Å². The van der Waals surface area contributed by atoms with Gasteiger partial charge in [-0.2, -0.15) is 0 Å². The van der Waals surface area contributed by atoms with Gasteiger partial charge in [0.15, 0.2) is 0 Å². The zero-order valence-corrected chi connectivity index (χ0v) is 10.1. The van der Waals surface area contributed by atoms with E-state index in [9.17, 15) is 9.18 Å². The molecule has 4 nitrogen and oxygen atoms in total. The Morgan fingerprint density at radius 3 is 2.65 bits per heavy atom. The number of carbonyl (C=O) groups excluding carboxylic acids is 1. The Kier molecular flexibility index (Phi) is 3.43. The van der Waals surface area contributed by atoms with E-state index in [-0.39, 0.29) is 5.56 Å². The number of carbonyl (C=O) groups is 1. The van der Waals surface area contributed by atoms with Gasteiger partial charge in [0.25, 0.3) is 5.91 Å². The number of nitrogens with one attached hydrogen (secondary N) is 1. The van der Waals surface area contributed by atoms with Crippen molar-refractivity contribution in [3.63, 3.8) is 0 Å². The van der Waals surface area contributed by atoms with Gasteiger partial charge < -0.3 is 5.32 Å². The number of hydrogen-bond donors (Lipinski definition) is 1. The van der Waals surface area contributed by atoms with Gasteiger partial charge in [-0.15, -0.1) is 0 Å². The van der Waals surface area contributed by atoms with Gasteiger partial charge in [-0.25, -0.2) is 14.4 Å². The first-order chi connectivity index (χ1) is 8.18. The maximum Gasteiger partial charge on any atom is 0.259 e. The molecule has 1 N–H and O–H groups in total. The van der Waals surface area contributed by atoms with Crippen molar-refractivity contribution >= 4 is 27.5 Å². The van der Waals surface area contributed by atoms with Gasteiger partial charge in [0, 0.05) is 4.47 Å². The normalized spacial score (nSPS) is 10.0. The standard InChI is InChI=1S/C11H7BrFN3O/c12-8-2-1-3-9(13)10(8)11(17)16-7-4-14-6-15-5-7/h1-6H,(H,16,17). The van der Waals surface area contributed by atoms with E-state index in [2.05, 4.69) is 31.2 Å². The molecule has 2 aromatic rings. The van der Waals surface area contributed by atoms with E-state index in [4.69, 9.17) is 0 Å². The number of rotatable bonds is 2. The maximum atomic E-state index is 13.5. The fraction of sp³-hybridized carbons (Fsp3) is 0. The van der Waals surface area contributed by atoms with Crippen LogP contribution >= 0.6 is 15.9 Å². The van der Waals surface area contributed by atoms with Crippen LogP contribution in [0.4, 0.5) is 10.1 Å². The van der Waals surface area contributed by atoms with Gasteiger partial charge in [-0.3, -0.25) is 4.79 Å². The summed E-state index contributed by atoms with van der Waals surface area (Å²) >= 11 is 3.13. The molecule has 17 heavy (non-hydrogen) atoms. The maximum absolute atomic E-state index is 13.5. The summed E-state index contributed by atoms with van der Waals surface area (Å²) in [6, 6.07) is 4.34. The van der Waals surface area contributed by atoms with Gasteiger partial charge in [0.2, 0.25) is 0 Å². The van der Waals surface area contributed by atoms with E-state index in [0.717, 1.165) is 0 Å². The summed E-state index contributed by atoms with van der Waals surface area (Å²) in [6.07, 6.45) is 4.20. The fourth-order valence-electron chi connectivity index (χ4n) is 1.27. The highest BCUT2D eigenvalue weighted by molar-refractivity contribution is 9.10. The summed E-state index contributed by atoms with van der Waals surface area (Å²) < 4.78 is 13.9. The average molecular weight is 296 g/mol. The van der Waals surface area contributed by atoms with Crippen molar-refractivity contribution in [3.8, 4) is 0 Å². The average Bonchev–Trinajstić information content (AvgIpc) is 2.30. The summed E-state index contributed by atoms with van der Waals surface area (Å²) in [4.78, 5) is 19.3. The molecule has 1 heterocycles. The molecule has 0 saturated carbocycles. The molecular formula is C11H7BrFN3O. The summed E-state index contributed by atoms with van der Waals surface area (Å²) in [5, 5.41) is 2.51. The molecule has 2 rings (SSSR count). The lowest BCUT2D eigenvalue weighted by atomic mass is 10.2. The van der Waals surface area contributed by atoms with Crippen LogP contribution in [0.3, 0.4) is 0 Å². The van der Waals surface area contributed by atoms with Gasteiger partial charge in [0.1, 0.15) is 12.1 Å². The zero-order valence-electron chi connectivity index (χ0n) is 8.52. The van der Waals surface area contributed by atoms with E-state index in [1.165, 1.54) is 30.9 Å². The van der Waals surface area contributed by atoms with E-state index in [1.54, 1.807) is 6.07 Å². The molecule has 0 radical (unpaired) electrons. The molecule has 0 aliphatic carbocycles. The molecule has 6 heteroatoms. The van der Waals surface area contributed by atoms with Crippen molar-refractivity contribution in [2.75, 3.05) is 5.32 Å². The summed E-state index contributed by atoms with van der Waals surface area (Å²) in [5.74, 6) is -1.14. The third kappa shape index (κ3) is 2.65. The molecular weight excluding hydrogens is 289 g/mol. The first-order valence-corrected chi connectivity index (χ1v) is 5.48. The number of hydrogen-bond acceptors (Lipinski definition) is 3. The molecule has 1 aromatic carbocycles. The van der Waals surface area contributed by atoms with Crippen molar-refractivity contribution in [2.24, 2.45) is 0 Å². The Morgan fingerprint density at radius 1 is 1.29 bits per heavy atom. The van der Waals surface area contributed by atoms with E-state index < -0.39 is 11.7 Å². The van der Waals surface area contributed by atoms with Crippen LogP contribution in [0.25, 0.3) is 0 Å². The van der Waals surface area contributed by atoms with Crippen LogP contribution in [0.5, 0.6) is 0 Å². The van der Waals surface area contributed by atoms with Crippen molar-refractivity contribution in [1.29, 1.82) is 0 Å². The minimum Gasteiger partial charge on any atom is -0.319 e. The topological polar surface area (TPSA) is 54.9 Å². The highest BCUT2D eigenvalue weighted by Crippen LogP contribution is 2.20. The predicted molar refractivity (Wildman–Crippen MR) is 64.1 cm³/mol. The second-order valence-corrected chi connectivity index (χ2v) is 4.03. The smallest absolute Gasteiger partial charge is 0.259 e. The minimum absolute atomic E-state index is 0.0450.